The molecule has 134 valence electrons. The lowest BCUT2D eigenvalue weighted by molar-refractivity contribution is -0.138. The molecule has 0 aliphatic carbocycles. The molecule has 1 saturated heterocycles. The molecule has 0 amide bonds. The summed E-state index contributed by atoms with van der Waals surface area (Å²) in [4.78, 5) is 13.3. The predicted octanol–water partition coefficient (Wildman–Crippen LogP) is 3.32. The molecule has 0 spiro atoms. The Hall–Kier alpha value is -2.45. The summed E-state index contributed by atoms with van der Waals surface area (Å²) in [5.41, 5.74) is -1.09. The van der Waals surface area contributed by atoms with E-state index in [1.54, 1.807) is 4.90 Å². The van der Waals surface area contributed by atoms with Crippen molar-refractivity contribution in [2.45, 2.75) is 19.0 Å². The summed E-state index contributed by atoms with van der Waals surface area (Å²) < 4.78 is 57.5. The van der Waals surface area contributed by atoms with Crippen LogP contribution in [0.1, 0.15) is 18.4 Å². The lowest BCUT2D eigenvalue weighted by atomic mass is 9.99. The van der Waals surface area contributed by atoms with Crippen LogP contribution < -0.4 is 9.64 Å². The number of halogens is 4. The smallest absolute Gasteiger partial charge is 0.417 e. The van der Waals surface area contributed by atoms with E-state index in [-0.39, 0.29) is 11.7 Å². The minimum Gasteiger partial charge on any atom is -0.476 e. The van der Waals surface area contributed by atoms with Gasteiger partial charge in [-0.2, -0.15) is 13.2 Å². The Morgan fingerprint density at radius 1 is 1.20 bits per heavy atom. The summed E-state index contributed by atoms with van der Waals surface area (Å²) in [5.74, 6) is -0.528. The van der Waals surface area contributed by atoms with E-state index < -0.39 is 17.6 Å². The minimum atomic E-state index is -4.61. The molecule has 0 N–H and O–H groups in total. The molecule has 1 unspecified atom stereocenters. The van der Waals surface area contributed by atoms with Crippen molar-refractivity contribution in [1.82, 2.24) is 15.0 Å². The van der Waals surface area contributed by atoms with Crippen molar-refractivity contribution in [2.24, 2.45) is 5.92 Å². The topological polar surface area (TPSA) is 51.1 Å². The van der Waals surface area contributed by atoms with Crippen LogP contribution in [0.2, 0.25) is 0 Å². The van der Waals surface area contributed by atoms with Crippen LogP contribution in [0, 0.1) is 11.7 Å². The number of aromatic nitrogens is 3. The van der Waals surface area contributed by atoms with E-state index in [0.717, 1.165) is 12.8 Å². The van der Waals surface area contributed by atoms with Gasteiger partial charge in [0, 0.05) is 37.6 Å². The summed E-state index contributed by atoms with van der Waals surface area (Å²) in [6, 6.07) is 0.488. The van der Waals surface area contributed by atoms with Gasteiger partial charge >= 0.3 is 6.18 Å². The lowest BCUT2D eigenvalue weighted by Crippen LogP contribution is -2.38. The number of ether oxygens (including phenoxy) is 1. The zero-order valence-corrected chi connectivity index (χ0v) is 13.2. The zero-order chi connectivity index (χ0) is 17.9. The first-order chi connectivity index (χ1) is 11.9. The predicted molar refractivity (Wildman–Crippen MR) is 81.7 cm³/mol. The van der Waals surface area contributed by atoms with Crippen molar-refractivity contribution in [2.75, 3.05) is 24.6 Å². The van der Waals surface area contributed by atoms with Gasteiger partial charge in [-0.15, -0.1) is 0 Å². The SMILES string of the molecule is Fc1cc(C(F)(F)F)cnc1N1CCCC(COc2cnccn2)C1. The number of nitrogens with zero attached hydrogens (tertiary/aromatic N) is 4. The Bertz CT molecular complexity index is 711. The van der Waals surface area contributed by atoms with Gasteiger partial charge in [0.15, 0.2) is 11.6 Å². The largest absolute Gasteiger partial charge is 0.476 e. The van der Waals surface area contributed by atoms with Crippen LogP contribution in [0.25, 0.3) is 0 Å². The van der Waals surface area contributed by atoms with E-state index in [9.17, 15) is 17.6 Å². The molecule has 3 rings (SSSR count). The Kier molecular flexibility index (Phi) is 5.00. The molecule has 3 heterocycles. The first-order valence-corrected chi connectivity index (χ1v) is 7.80. The normalized spacial score (nSPS) is 18.2. The number of pyridine rings is 1. The van der Waals surface area contributed by atoms with Gasteiger partial charge in [-0.25, -0.2) is 14.4 Å². The molecule has 1 fully saturated rings. The third-order valence-electron chi connectivity index (χ3n) is 3.97. The van der Waals surface area contributed by atoms with Crippen LogP contribution in [0.4, 0.5) is 23.4 Å². The molecule has 1 atom stereocenters. The van der Waals surface area contributed by atoms with E-state index >= 15 is 0 Å². The highest BCUT2D eigenvalue weighted by atomic mass is 19.4. The molecule has 1 aliphatic heterocycles. The molecule has 2 aromatic rings. The van der Waals surface area contributed by atoms with Gasteiger partial charge in [0.05, 0.1) is 18.4 Å². The van der Waals surface area contributed by atoms with Gasteiger partial charge in [-0.1, -0.05) is 0 Å². The van der Waals surface area contributed by atoms with Crippen LogP contribution in [0.3, 0.4) is 0 Å². The Labute approximate surface area is 141 Å². The summed E-state index contributed by atoms with van der Waals surface area (Å²) in [7, 11) is 0. The summed E-state index contributed by atoms with van der Waals surface area (Å²) in [6.07, 6.45) is 2.26. The second-order valence-corrected chi connectivity index (χ2v) is 5.84. The van der Waals surface area contributed by atoms with Crippen LogP contribution in [-0.2, 0) is 6.18 Å². The van der Waals surface area contributed by atoms with Gasteiger partial charge in [0.25, 0.3) is 0 Å². The number of hydrogen-bond donors (Lipinski definition) is 0. The van der Waals surface area contributed by atoms with Crippen molar-refractivity contribution in [1.29, 1.82) is 0 Å². The van der Waals surface area contributed by atoms with E-state index in [2.05, 4.69) is 15.0 Å². The quantitative estimate of drug-likeness (QED) is 0.787. The number of piperidine rings is 1. The average Bonchev–Trinajstić information content (AvgIpc) is 2.60. The second-order valence-electron chi connectivity index (χ2n) is 5.84. The fourth-order valence-electron chi connectivity index (χ4n) is 2.78. The molecule has 2 aromatic heterocycles. The molecular formula is C16H16F4N4O. The molecule has 0 bridgehead atoms. The van der Waals surface area contributed by atoms with Gasteiger partial charge in [-0.05, 0) is 18.9 Å². The first kappa shape index (κ1) is 17.4. The van der Waals surface area contributed by atoms with Gasteiger partial charge in [-0.3, -0.25) is 4.98 Å². The first-order valence-electron chi connectivity index (χ1n) is 7.80. The van der Waals surface area contributed by atoms with Crippen molar-refractivity contribution < 1.29 is 22.3 Å². The standard InChI is InChI=1S/C16H16F4N4O/c17-13-6-12(16(18,19)20)7-23-15(13)24-5-1-2-11(9-24)10-25-14-8-21-3-4-22-14/h3-4,6-8,11H,1-2,5,9-10H2. The van der Waals surface area contributed by atoms with Crippen molar-refractivity contribution >= 4 is 5.82 Å². The molecule has 5 nitrogen and oxygen atoms in total. The Balaban J connectivity index is 1.65. The second kappa shape index (κ2) is 7.20. The van der Waals surface area contributed by atoms with Gasteiger partial charge < -0.3 is 9.64 Å². The van der Waals surface area contributed by atoms with Crippen LogP contribution in [0.5, 0.6) is 5.88 Å². The number of rotatable bonds is 4. The Morgan fingerprint density at radius 2 is 2.04 bits per heavy atom. The molecule has 0 radical (unpaired) electrons. The number of anilines is 1. The van der Waals surface area contributed by atoms with E-state index in [1.165, 1.54) is 18.6 Å². The van der Waals surface area contributed by atoms with Crippen molar-refractivity contribution in [3.8, 4) is 5.88 Å². The van der Waals surface area contributed by atoms with Crippen LogP contribution >= 0.6 is 0 Å². The summed E-state index contributed by atoms with van der Waals surface area (Å²) in [6.45, 7) is 1.37. The van der Waals surface area contributed by atoms with Crippen molar-refractivity contribution in [3.05, 3.63) is 42.2 Å². The van der Waals surface area contributed by atoms with E-state index in [0.29, 0.717) is 37.8 Å². The van der Waals surface area contributed by atoms with Gasteiger partial charge in [0.2, 0.25) is 5.88 Å². The highest BCUT2D eigenvalue weighted by Crippen LogP contribution is 2.32. The lowest BCUT2D eigenvalue weighted by Gasteiger charge is -2.33. The van der Waals surface area contributed by atoms with Crippen LogP contribution in [-0.4, -0.2) is 34.6 Å². The summed E-state index contributed by atoms with van der Waals surface area (Å²) in [5, 5.41) is 0. The monoisotopic (exact) mass is 356 g/mol. The fourth-order valence-corrected chi connectivity index (χ4v) is 2.78. The maximum absolute atomic E-state index is 14.1. The Morgan fingerprint density at radius 3 is 2.72 bits per heavy atom. The number of hydrogen-bond acceptors (Lipinski definition) is 5. The maximum Gasteiger partial charge on any atom is 0.417 e. The molecule has 1 aliphatic rings. The molecule has 0 aromatic carbocycles. The third-order valence-corrected chi connectivity index (χ3v) is 3.97. The molecular weight excluding hydrogens is 340 g/mol. The highest BCUT2D eigenvalue weighted by Gasteiger charge is 2.33. The maximum atomic E-state index is 14.1. The van der Waals surface area contributed by atoms with Gasteiger partial charge in [0.1, 0.15) is 0 Å². The van der Waals surface area contributed by atoms with Crippen LogP contribution in [0.15, 0.2) is 30.9 Å². The molecule has 9 heteroatoms. The molecule has 0 saturated carbocycles. The van der Waals surface area contributed by atoms with Crippen molar-refractivity contribution in [3.63, 3.8) is 0 Å². The van der Waals surface area contributed by atoms with E-state index in [4.69, 9.17) is 4.74 Å². The highest BCUT2D eigenvalue weighted by molar-refractivity contribution is 5.42. The minimum absolute atomic E-state index is 0.0581. The summed E-state index contributed by atoms with van der Waals surface area (Å²) >= 11 is 0. The zero-order valence-electron chi connectivity index (χ0n) is 13.2. The number of alkyl halides is 3. The fraction of sp³-hybridized carbons (Fsp3) is 0.438. The average molecular weight is 356 g/mol. The van der Waals surface area contributed by atoms with E-state index in [1.807, 2.05) is 0 Å². The molecule has 25 heavy (non-hydrogen) atoms. The third kappa shape index (κ3) is 4.34.